The molecule has 5 heteroatoms. The van der Waals surface area contributed by atoms with E-state index in [1.807, 2.05) is 0 Å². The van der Waals surface area contributed by atoms with Crippen LogP contribution in [-0.2, 0) is 0 Å². The van der Waals surface area contributed by atoms with Crippen LogP contribution in [0.3, 0.4) is 0 Å². The number of ether oxygens (including phenoxy) is 3. The Hall–Kier alpha value is -1.91. The van der Waals surface area contributed by atoms with E-state index in [9.17, 15) is 5.11 Å². The third kappa shape index (κ3) is 3.06. The standard InChI is InChI=1S/C16H17ClO4/c1-19-12-8-7-10(17)9-11(12)16(18)15-13(20-2)5-4-6-14(15)21-3/h4-9,16,18H,1-3H3. The lowest BCUT2D eigenvalue weighted by Gasteiger charge is -2.20. The predicted octanol–water partition coefficient (Wildman–Crippen LogP) is 3.45. The molecular formula is C16H17ClO4. The molecule has 0 saturated carbocycles. The van der Waals surface area contributed by atoms with Crippen molar-refractivity contribution in [1.29, 1.82) is 0 Å². The van der Waals surface area contributed by atoms with Crippen molar-refractivity contribution in [3.8, 4) is 17.2 Å². The van der Waals surface area contributed by atoms with Crippen LogP contribution in [0, 0.1) is 0 Å². The summed E-state index contributed by atoms with van der Waals surface area (Å²) in [5.41, 5.74) is 1.08. The second kappa shape index (κ2) is 6.70. The van der Waals surface area contributed by atoms with Gasteiger partial charge >= 0.3 is 0 Å². The Morgan fingerprint density at radius 3 is 2.00 bits per heavy atom. The van der Waals surface area contributed by atoms with Gasteiger partial charge in [0, 0.05) is 10.6 Å². The number of hydrogen-bond acceptors (Lipinski definition) is 4. The highest BCUT2D eigenvalue weighted by atomic mass is 35.5. The molecular weight excluding hydrogens is 292 g/mol. The van der Waals surface area contributed by atoms with Crippen LogP contribution >= 0.6 is 11.6 Å². The fourth-order valence-corrected chi connectivity index (χ4v) is 2.40. The molecule has 0 saturated heterocycles. The van der Waals surface area contributed by atoms with E-state index in [-0.39, 0.29) is 0 Å². The summed E-state index contributed by atoms with van der Waals surface area (Å²) in [6, 6.07) is 10.4. The van der Waals surface area contributed by atoms with E-state index in [0.29, 0.717) is 33.4 Å². The number of rotatable bonds is 5. The lowest BCUT2D eigenvalue weighted by molar-refractivity contribution is 0.204. The van der Waals surface area contributed by atoms with Crippen molar-refractivity contribution in [3.63, 3.8) is 0 Å². The topological polar surface area (TPSA) is 47.9 Å². The molecule has 0 aliphatic heterocycles. The first-order valence-electron chi connectivity index (χ1n) is 6.34. The van der Waals surface area contributed by atoms with Gasteiger partial charge in [0.25, 0.3) is 0 Å². The van der Waals surface area contributed by atoms with E-state index in [2.05, 4.69) is 0 Å². The Morgan fingerprint density at radius 2 is 1.48 bits per heavy atom. The minimum atomic E-state index is -0.982. The number of aliphatic hydroxyl groups excluding tert-OH is 1. The van der Waals surface area contributed by atoms with Crippen molar-refractivity contribution < 1.29 is 19.3 Å². The van der Waals surface area contributed by atoms with Gasteiger partial charge in [-0.15, -0.1) is 0 Å². The molecule has 1 atom stereocenters. The van der Waals surface area contributed by atoms with Gasteiger partial charge < -0.3 is 19.3 Å². The minimum absolute atomic E-state index is 0.513. The molecule has 0 aliphatic carbocycles. The molecule has 112 valence electrons. The third-order valence-electron chi connectivity index (χ3n) is 3.23. The minimum Gasteiger partial charge on any atom is -0.496 e. The van der Waals surface area contributed by atoms with Crippen LogP contribution in [-0.4, -0.2) is 26.4 Å². The summed E-state index contributed by atoms with van der Waals surface area (Å²) in [5, 5.41) is 11.3. The third-order valence-corrected chi connectivity index (χ3v) is 3.46. The molecule has 2 rings (SSSR count). The molecule has 0 fully saturated rings. The summed E-state index contributed by atoms with van der Waals surface area (Å²) < 4.78 is 15.9. The number of halogens is 1. The molecule has 2 aromatic carbocycles. The maximum Gasteiger partial charge on any atom is 0.128 e. The summed E-state index contributed by atoms with van der Waals surface area (Å²) in [4.78, 5) is 0. The van der Waals surface area contributed by atoms with E-state index in [0.717, 1.165) is 0 Å². The van der Waals surface area contributed by atoms with Gasteiger partial charge in [-0.25, -0.2) is 0 Å². The average Bonchev–Trinajstić information content (AvgIpc) is 2.53. The Bertz CT molecular complexity index is 605. The highest BCUT2D eigenvalue weighted by Gasteiger charge is 2.23. The zero-order chi connectivity index (χ0) is 15.4. The van der Waals surface area contributed by atoms with Gasteiger partial charge in [0.15, 0.2) is 0 Å². The van der Waals surface area contributed by atoms with Crippen LogP contribution in [0.5, 0.6) is 17.2 Å². The predicted molar refractivity (Wildman–Crippen MR) is 81.6 cm³/mol. The highest BCUT2D eigenvalue weighted by Crippen LogP contribution is 2.40. The van der Waals surface area contributed by atoms with Crippen LogP contribution in [0.15, 0.2) is 36.4 Å². The van der Waals surface area contributed by atoms with Gasteiger partial charge in [0.2, 0.25) is 0 Å². The fraction of sp³-hybridized carbons (Fsp3) is 0.250. The molecule has 0 radical (unpaired) electrons. The Balaban J connectivity index is 2.59. The van der Waals surface area contributed by atoms with Crippen molar-refractivity contribution in [2.75, 3.05) is 21.3 Å². The van der Waals surface area contributed by atoms with Crippen LogP contribution in [0.4, 0.5) is 0 Å². The van der Waals surface area contributed by atoms with Gasteiger partial charge in [-0.3, -0.25) is 0 Å². The van der Waals surface area contributed by atoms with Crippen LogP contribution in [0.25, 0.3) is 0 Å². The maximum atomic E-state index is 10.8. The molecule has 0 bridgehead atoms. The highest BCUT2D eigenvalue weighted by molar-refractivity contribution is 6.30. The number of aliphatic hydroxyl groups is 1. The lowest BCUT2D eigenvalue weighted by Crippen LogP contribution is -2.06. The molecule has 0 heterocycles. The fourth-order valence-electron chi connectivity index (χ4n) is 2.22. The quantitative estimate of drug-likeness (QED) is 0.919. The van der Waals surface area contributed by atoms with Gasteiger partial charge in [-0.1, -0.05) is 17.7 Å². The summed E-state index contributed by atoms with van der Waals surface area (Å²) >= 11 is 6.02. The molecule has 2 aromatic rings. The van der Waals surface area contributed by atoms with Gasteiger partial charge in [0.05, 0.1) is 26.9 Å². The van der Waals surface area contributed by atoms with Crippen molar-refractivity contribution in [1.82, 2.24) is 0 Å². The summed E-state index contributed by atoms with van der Waals surface area (Å²) in [6.07, 6.45) is -0.982. The molecule has 4 nitrogen and oxygen atoms in total. The SMILES string of the molecule is COc1ccc(Cl)cc1C(O)c1c(OC)cccc1OC. The summed E-state index contributed by atoms with van der Waals surface area (Å²) in [7, 11) is 4.62. The van der Waals surface area contributed by atoms with Crippen molar-refractivity contribution in [2.24, 2.45) is 0 Å². The van der Waals surface area contributed by atoms with Crippen molar-refractivity contribution >= 4 is 11.6 Å². The second-order valence-electron chi connectivity index (χ2n) is 4.37. The average molecular weight is 309 g/mol. The summed E-state index contributed by atoms with van der Waals surface area (Å²) in [5.74, 6) is 1.60. The first kappa shape index (κ1) is 15.5. The van der Waals surface area contributed by atoms with E-state index in [1.165, 1.54) is 0 Å². The van der Waals surface area contributed by atoms with E-state index in [4.69, 9.17) is 25.8 Å². The zero-order valence-electron chi connectivity index (χ0n) is 12.1. The molecule has 0 spiro atoms. The first-order chi connectivity index (χ1) is 10.1. The number of methoxy groups -OCH3 is 3. The lowest BCUT2D eigenvalue weighted by atomic mass is 9.98. The normalized spacial score (nSPS) is 11.9. The van der Waals surface area contributed by atoms with Crippen molar-refractivity contribution in [2.45, 2.75) is 6.10 Å². The second-order valence-corrected chi connectivity index (χ2v) is 4.80. The molecule has 1 N–H and O–H groups in total. The van der Waals surface area contributed by atoms with E-state index < -0.39 is 6.10 Å². The molecule has 21 heavy (non-hydrogen) atoms. The van der Waals surface area contributed by atoms with E-state index in [1.54, 1.807) is 57.7 Å². The molecule has 0 amide bonds. The first-order valence-corrected chi connectivity index (χ1v) is 6.72. The number of benzene rings is 2. The summed E-state index contributed by atoms with van der Waals surface area (Å²) in [6.45, 7) is 0. The van der Waals surface area contributed by atoms with Crippen LogP contribution in [0.1, 0.15) is 17.2 Å². The van der Waals surface area contributed by atoms with Crippen LogP contribution < -0.4 is 14.2 Å². The van der Waals surface area contributed by atoms with Crippen molar-refractivity contribution in [3.05, 3.63) is 52.5 Å². The smallest absolute Gasteiger partial charge is 0.128 e. The Labute approximate surface area is 128 Å². The molecule has 0 aliphatic rings. The Kier molecular flexibility index (Phi) is 4.94. The number of hydrogen-bond donors (Lipinski definition) is 1. The zero-order valence-corrected chi connectivity index (χ0v) is 12.8. The maximum absolute atomic E-state index is 10.8. The molecule has 0 aromatic heterocycles. The van der Waals surface area contributed by atoms with Crippen LogP contribution in [0.2, 0.25) is 5.02 Å². The molecule has 1 unspecified atom stereocenters. The van der Waals surface area contributed by atoms with E-state index >= 15 is 0 Å². The van der Waals surface area contributed by atoms with Gasteiger partial charge in [-0.05, 0) is 30.3 Å². The monoisotopic (exact) mass is 308 g/mol. The van der Waals surface area contributed by atoms with Gasteiger partial charge in [0.1, 0.15) is 23.4 Å². The van der Waals surface area contributed by atoms with Gasteiger partial charge in [-0.2, -0.15) is 0 Å². The largest absolute Gasteiger partial charge is 0.496 e. The Morgan fingerprint density at radius 1 is 0.905 bits per heavy atom.